The zero-order valence-corrected chi connectivity index (χ0v) is 16.0. The Morgan fingerprint density at radius 2 is 1.89 bits per heavy atom. The van der Waals surface area contributed by atoms with Crippen molar-refractivity contribution >= 4 is 17.9 Å². The number of carbonyl (C=O) groups excluding carboxylic acids is 1. The first-order valence-electron chi connectivity index (χ1n) is 9.28. The van der Waals surface area contributed by atoms with Crippen molar-refractivity contribution < 1.29 is 15.0 Å². The molecule has 0 bridgehead atoms. The van der Waals surface area contributed by atoms with E-state index in [1.165, 1.54) is 11.9 Å². The Morgan fingerprint density at radius 3 is 2.67 bits per heavy atom. The average Bonchev–Trinajstić information content (AvgIpc) is 3.00. The maximum atomic E-state index is 12.3. The van der Waals surface area contributed by atoms with Crippen LogP contribution in [0.15, 0.2) is 59.5 Å². The molecule has 0 aromatic heterocycles. The molecule has 2 aromatic rings. The van der Waals surface area contributed by atoms with Crippen molar-refractivity contribution in [3.8, 4) is 0 Å². The molecule has 3 rings (SSSR count). The van der Waals surface area contributed by atoms with Gasteiger partial charge in [0.05, 0.1) is 12.1 Å². The first-order valence-corrected chi connectivity index (χ1v) is 10.1. The van der Waals surface area contributed by atoms with Crippen LogP contribution in [0.5, 0.6) is 0 Å². The fourth-order valence-electron chi connectivity index (χ4n) is 3.32. The van der Waals surface area contributed by atoms with Gasteiger partial charge in [0.1, 0.15) is 0 Å². The van der Waals surface area contributed by atoms with Crippen LogP contribution < -0.4 is 10.0 Å². The first-order chi connectivity index (χ1) is 13.2. The number of rotatable bonds is 9. The number of hydrogen-bond donors (Lipinski definition) is 4. The molecule has 0 aliphatic heterocycles. The predicted octanol–water partition coefficient (Wildman–Crippen LogP) is 2.45. The summed E-state index contributed by atoms with van der Waals surface area (Å²) in [5.41, 5.74) is 2.09. The SMILES string of the molecule is O=C(CCC(CO)CNSc1ccccc1)NC1c2ccccc2CC1O. The van der Waals surface area contributed by atoms with E-state index in [0.717, 1.165) is 16.0 Å². The molecule has 2 aromatic carbocycles. The summed E-state index contributed by atoms with van der Waals surface area (Å²) in [5.74, 6) is -0.0855. The van der Waals surface area contributed by atoms with E-state index in [1.807, 2.05) is 54.6 Å². The van der Waals surface area contributed by atoms with Crippen molar-refractivity contribution in [1.82, 2.24) is 10.0 Å². The first kappa shape index (κ1) is 19.9. The van der Waals surface area contributed by atoms with Crippen LogP contribution in [0.2, 0.25) is 0 Å². The molecular weight excluding hydrogens is 360 g/mol. The molecule has 6 heteroatoms. The summed E-state index contributed by atoms with van der Waals surface area (Å²) in [6.07, 6.45) is 0.911. The molecule has 0 radical (unpaired) electrons. The molecule has 0 saturated heterocycles. The van der Waals surface area contributed by atoms with Gasteiger partial charge in [-0.05, 0) is 47.5 Å². The van der Waals surface area contributed by atoms with Gasteiger partial charge < -0.3 is 15.5 Å². The van der Waals surface area contributed by atoms with E-state index in [9.17, 15) is 15.0 Å². The van der Waals surface area contributed by atoms with Crippen LogP contribution in [0.4, 0.5) is 0 Å². The van der Waals surface area contributed by atoms with Crippen molar-refractivity contribution in [3.63, 3.8) is 0 Å². The van der Waals surface area contributed by atoms with Crippen LogP contribution in [0.1, 0.15) is 30.0 Å². The minimum atomic E-state index is -0.580. The van der Waals surface area contributed by atoms with Crippen molar-refractivity contribution in [2.45, 2.75) is 36.3 Å². The molecule has 3 atom stereocenters. The Balaban J connectivity index is 1.42. The summed E-state index contributed by atoms with van der Waals surface area (Å²) < 4.78 is 3.25. The number of amides is 1. The van der Waals surface area contributed by atoms with Gasteiger partial charge in [-0.3, -0.25) is 9.52 Å². The molecule has 4 N–H and O–H groups in total. The second-order valence-corrected chi connectivity index (χ2v) is 7.83. The summed E-state index contributed by atoms with van der Waals surface area (Å²) in [6, 6.07) is 17.4. The lowest BCUT2D eigenvalue weighted by Crippen LogP contribution is -2.34. The molecule has 0 spiro atoms. The van der Waals surface area contributed by atoms with Gasteiger partial charge in [0.25, 0.3) is 0 Å². The second-order valence-electron chi connectivity index (χ2n) is 6.87. The molecular formula is C21H26N2O3S. The smallest absolute Gasteiger partial charge is 0.220 e. The van der Waals surface area contributed by atoms with Crippen LogP contribution in [0, 0.1) is 5.92 Å². The summed E-state index contributed by atoms with van der Waals surface area (Å²) in [5, 5.41) is 22.8. The zero-order valence-electron chi connectivity index (χ0n) is 15.2. The maximum Gasteiger partial charge on any atom is 0.220 e. The van der Waals surface area contributed by atoms with Gasteiger partial charge in [0, 0.05) is 30.9 Å². The van der Waals surface area contributed by atoms with Gasteiger partial charge in [0.15, 0.2) is 0 Å². The van der Waals surface area contributed by atoms with Crippen LogP contribution in [0.3, 0.4) is 0 Å². The monoisotopic (exact) mass is 386 g/mol. The van der Waals surface area contributed by atoms with E-state index in [-0.39, 0.29) is 24.5 Å². The third-order valence-corrected chi connectivity index (χ3v) is 5.68. The highest BCUT2D eigenvalue weighted by Crippen LogP contribution is 2.31. The predicted molar refractivity (Wildman–Crippen MR) is 107 cm³/mol. The molecule has 1 aliphatic rings. The summed E-state index contributed by atoms with van der Waals surface area (Å²) in [7, 11) is 0. The van der Waals surface area contributed by atoms with Crippen LogP contribution in [-0.2, 0) is 11.2 Å². The van der Waals surface area contributed by atoms with Gasteiger partial charge in [-0.15, -0.1) is 0 Å². The van der Waals surface area contributed by atoms with Gasteiger partial charge in [-0.2, -0.15) is 0 Å². The van der Waals surface area contributed by atoms with Gasteiger partial charge >= 0.3 is 0 Å². The number of hydrogen-bond acceptors (Lipinski definition) is 5. The molecule has 144 valence electrons. The highest BCUT2D eigenvalue weighted by Gasteiger charge is 2.31. The Labute approximate surface area is 164 Å². The summed E-state index contributed by atoms with van der Waals surface area (Å²) in [6.45, 7) is 0.656. The Kier molecular flexibility index (Phi) is 7.29. The number of benzene rings is 2. The standard InChI is InChI=1S/C21H26N2O3S/c24-14-15(13-22-27-17-7-2-1-3-8-17)10-11-20(26)23-21-18-9-5-4-6-16(18)12-19(21)25/h1-9,15,19,21-22,24-25H,10-14H2,(H,23,26). The topological polar surface area (TPSA) is 81.6 Å². The molecule has 1 amide bonds. The number of fused-ring (bicyclic) bond motifs is 1. The lowest BCUT2D eigenvalue weighted by atomic mass is 10.0. The third kappa shape index (κ3) is 5.56. The summed E-state index contributed by atoms with van der Waals surface area (Å²) in [4.78, 5) is 13.5. The number of nitrogens with one attached hydrogen (secondary N) is 2. The van der Waals surface area contributed by atoms with E-state index in [1.54, 1.807) is 0 Å². The Morgan fingerprint density at radius 1 is 1.15 bits per heavy atom. The molecule has 1 aliphatic carbocycles. The van der Waals surface area contributed by atoms with Crippen molar-refractivity contribution in [2.75, 3.05) is 13.2 Å². The lowest BCUT2D eigenvalue weighted by molar-refractivity contribution is -0.123. The fourth-order valence-corrected chi connectivity index (χ4v) is 4.10. The molecule has 27 heavy (non-hydrogen) atoms. The molecule has 0 saturated carbocycles. The average molecular weight is 387 g/mol. The zero-order chi connectivity index (χ0) is 19.1. The maximum absolute atomic E-state index is 12.3. The van der Waals surface area contributed by atoms with E-state index in [4.69, 9.17) is 0 Å². The van der Waals surface area contributed by atoms with E-state index >= 15 is 0 Å². The van der Waals surface area contributed by atoms with Gasteiger partial charge in [-0.25, -0.2) is 0 Å². The fraction of sp³-hybridized carbons (Fsp3) is 0.381. The second kappa shape index (κ2) is 9.90. The molecule has 3 unspecified atom stereocenters. The molecule has 0 fully saturated rings. The minimum Gasteiger partial charge on any atom is -0.396 e. The van der Waals surface area contributed by atoms with Crippen LogP contribution in [0.25, 0.3) is 0 Å². The quantitative estimate of drug-likeness (QED) is 0.498. The number of carbonyl (C=O) groups is 1. The lowest BCUT2D eigenvalue weighted by Gasteiger charge is -2.19. The van der Waals surface area contributed by atoms with Gasteiger partial charge in [-0.1, -0.05) is 42.5 Å². The van der Waals surface area contributed by atoms with Crippen molar-refractivity contribution in [3.05, 3.63) is 65.7 Å². The van der Waals surface area contributed by atoms with Crippen molar-refractivity contribution in [1.29, 1.82) is 0 Å². The van der Waals surface area contributed by atoms with Crippen LogP contribution in [-0.4, -0.2) is 35.4 Å². The van der Waals surface area contributed by atoms with E-state index in [0.29, 0.717) is 25.8 Å². The van der Waals surface area contributed by atoms with Crippen molar-refractivity contribution in [2.24, 2.45) is 5.92 Å². The Bertz CT molecular complexity index is 741. The summed E-state index contributed by atoms with van der Waals surface area (Å²) >= 11 is 1.52. The van der Waals surface area contributed by atoms with Crippen LogP contribution >= 0.6 is 11.9 Å². The highest BCUT2D eigenvalue weighted by atomic mass is 32.2. The van der Waals surface area contributed by atoms with Gasteiger partial charge in [0.2, 0.25) is 5.91 Å². The van der Waals surface area contributed by atoms with E-state index in [2.05, 4.69) is 10.0 Å². The molecule has 5 nitrogen and oxygen atoms in total. The number of aliphatic hydroxyl groups is 2. The largest absolute Gasteiger partial charge is 0.396 e. The Hall–Kier alpha value is -1.86. The highest BCUT2D eigenvalue weighted by molar-refractivity contribution is 7.97. The third-order valence-electron chi connectivity index (χ3n) is 4.86. The van der Waals surface area contributed by atoms with E-state index < -0.39 is 6.10 Å². The minimum absolute atomic E-state index is 0.00718. The molecule has 0 heterocycles. The number of aliphatic hydroxyl groups excluding tert-OH is 2. The normalized spacial score (nSPS) is 19.5.